The summed E-state index contributed by atoms with van der Waals surface area (Å²) in [7, 11) is 0. The van der Waals surface area contributed by atoms with Crippen LogP contribution in [-0.2, 0) is 9.53 Å². The second-order valence-electron chi connectivity index (χ2n) is 6.73. The molecule has 10 heteroatoms. The Morgan fingerprint density at radius 2 is 1.91 bits per heavy atom. The van der Waals surface area contributed by atoms with E-state index in [9.17, 15) is 9.59 Å². The molecule has 0 N–H and O–H groups in total. The summed E-state index contributed by atoms with van der Waals surface area (Å²) in [6, 6.07) is 13.2. The van der Waals surface area contributed by atoms with Crippen LogP contribution < -0.4 is 4.90 Å². The number of thioether (sulfide) groups is 1. The Morgan fingerprint density at radius 3 is 2.64 bits per heavy atom. The molecule has 0 radical (unpaired) electrons. The van der Waals surface area contributed by atoms with Crippen molar-refractivity contribution in [3.63, 3.8) is 0 Å². The number of carbonyl (C=O) groups excluding carboxylic acids is 2. The minimum Gasteiger partial charge on any atom is -0.462 e. The van der Waals surface area contributed by atoms with E-state index >= 15 is 0 Å². The molecule has 1 amide bonds. The Balaban J connectivity index is 1.60. The quantitative estimate of drug-likeness (QED) is 0.191. The van der Waals surface area contributed by atoms with Gasteiger partial charge < -0.3 is 9.15 Å². The number of carbonyl (C=O) groups is 2. The van der Waals surface area contributed by atoms with Gasteiger partial charge in [0.15, 0.2) is 4.32 Å². The first-order chi connectivity index (χ1) is 15.8. The fraction of sp³-hybridized carbons (Fsp3) is 0.0870. The molecule has 1 aromatic heterocycles. The number of amides is 1. The smallest absolute Gasteiger partial charge is 0.339 e. The van der Waals surface area contributed by atoms with E-state index in [0.717, 1.165) is 11.8 Å². The average Bonchev–Trinajstić information content (AvgIpc) is 3.34. The molecule has 1 fully saturated rings. The van der Waals surface area contributed by atoms with Gasteiger partial charge in [-0.2, -0.15) is 0 Å². The van der Waals surface area contributed by atoms with Crippen molar-refractivity contribution in [2.45, 2.75) is 6.92 Å². The number of anilines is 1. The zero-order valence-corrected chi connectivity index (χ0v) is 20.8. The number of benzene rings is 2. The second-order valence-corrected chi connectivity index (χ2v) is 9.66. The lowest BCUT2D eigenvalue weighted by molar-refractivity contribution is -0.113. The lowest BCUT2D eigenvalue weighted by atomic mass is 10.1. The molecule has 2 aromatic carbocycles. The van der Waals surface area contributed by atoms with Crippen LogP contribution in [0.5, 0.6) is 0 Å². The van der Waals surface area contributed by atoms with E-state index in [0.29, 0.717) is 42.0 Å². The molecule has 1 aliphatic rings. The highest BCUT2D eigenvalue weighted by Crippen LogP contribution is 2.40. The molecule has 0 unspecified atom stereocenters. The van der Waals surface area contributed by atoms with Crippen LogP contribution in [0.25, 0.3) is 17.4 Å². The maximum Gasteiger partial charge on any atom is 0.339 e. The number of ether oxygens (including phenoxy) is 1. The minimum absolute atomic E-state index is 0.240. The Bertz CT molecular complexity index is 1320. The number of thiocarbonyl (C=S) groups is 1. The summed E-state index contributed by atoms with van der Waals surface area (Å²) in [5, 5.41) is 1.06. The van der Waals surface area contributed by atoms with Crippen LogP contribution >= 0.6 is 58.8 Å². The molecule has 33 heavy (non-hydrogen) atoms. The summed E-state index contributed by atoms with van der Waals surface area (Å²) in [6.07, 6.45) is 1.61. The van der Waals surface area contributed by atoms with E-state index in [4.69, 9.17) is 56.2 Å². The van der Waals surface area contributed by atoms with E-state index < -0.39 is 5.97 Å². The molecule has 0 bridgehead atoms. The predicted molar refractivity (Wildman–Crippen MR) is 137 cm³/mol. The first kappa shape index (κ1) is 23.9. The van der Waals surface area contributed by atoms with Gasteiger partial charge in [0.25, 0.3) is 5.91 Å². The lowest BCUT2D eigenvalue weighted by Gasteiger charge is -2.16. The first-order valence-electron chi connectivity index (χ1n) is 9.58. The summed E-state index contributed by atoms with van der Waals surface area (Å²) >= 11 is 24.9. The summed E-state index contributed by atoms with van der Waals surface area (Å²) in [5.74, 6) is 0.115. The Hall–Kier alpha value is -2.29. The molecule has 1 saturated heterocycles. The molecule has 0 atom stereocenters. The molecule has 0 saturated carbocycles. The fourth-order valence-corrected chi connectivity index (χ4v) is 5.05. The molecule has 0 aliphatic carbocycles. The molecule has 1 aliphatic heterocycles. The van der Waals surface area contributed by atoms with Crippen LogP contribution in [0.1, 0.15) is 23.0 Å². The van der Waals surface area contributed by atoms with Crippen molar-refractivity contribution >= 4 is 86.7 Å². The van der Waals surface area contributed by atoms with Crippen molar-refractivity contribution in [1.82, 2.24) is 0 Å². The fourth-order valence-electron chi connectivity index (χ4n) is 3.10. The van der Waals surface area contributed by atoms with Crippen LogP contribution in [-0.4, -0.2) is 22.8 Å². The highest BCUT2D eigenvalue weighted by molar-refractivity contribution is 8.27. The van der Waals surface area contributed by atoms with Crippen molar-refractivity contribution in [3.8, 4) is 11.3 Å². The van der Waals surface area contributed by atoms with E-state index in [1.807, 2.05) is 0 Å². The summed E-state index contributed by atoms with van der Waals surface area (Å²) < 4.78 is 11.3. The van der Waals surface area contributed by atoms with Crippen LogP contribution in [0.3, 0.4) is 0 Å². The van der Waals surface area contributed by atoms with Gasteiger partial charge in [-0.1, -0.05) is 58.8 Å². The minimum atomic E-state index is -0.513. The average molecular weight is 539 g/mol. The molecule has 0 spiro atoms. The van der Waals surface area contributed by atoms with Gasteiger partial charge in [-0.15, -0.1) is 0 Å². The largest absolute Gasteiger partial charge is 0.462 e. The third kappa shape index (κ3) is 4.98. The summed E-state index contributed by atoms with van der Waals surface area (Å²) in [4.78, 5) is 26.9. The van der Waals surface area contributed by atoms with Gasteiger partial charge >= 0.3 is 5.97 Å². The van der Waals surface area contributed by atoms with Crippen molar-refractivity contribution in [1.29, 1.82) is 0 Å². The highest BCUT2D eigenvalue weighted by Gasteiger charge is 2.34. The van der Waals surface area contributed by atoms with Crippen molar-refractivity contribution < 1.29 is 18.7 Å². The van der Waals surface area contributed by atoms with E-state index in [-0.39, 0.29) is 23.1 Å². The predicted octanol–water partition coefficient (Wildman–Crippen LogP) is 7.49. The van der Waals surface area contributed by atoms with E-state index in [2.05, 4.69) is 0 Å². The highest BCUT2D eigenvalue weighted by atomic mass is 35.5. The second kappa shape index (κ2) is 9.91. The molecule has 3 aromatic rings. The third-order valence-corrected chi connectivity index (χ3v) is 6.76. The van der Waals surface area contributed by atoms with Crippen molar-refractivity contribution in [2.24, 2.45) is 0 Å². The van der Waals surface area contributed by atoms with Crippen LogP contribution in [0.15, 0.2) is 57.9 Å². The Labute approximate surface area is 214 Å². The number of hydrogen-bond donors (Lipinski definition) is 0. The molecule has 2 heterocycles. The lowest BCUT2D eigenvalue weighted by Crippen LogP contribution is -2.27. The van der Waals surface area contributed by atoms with Gasteiger partial charge in [-0.3, -0.25) is 9.69 Å². The van der Waals surface area contributed by atoms with Crippen LogP contribution in [0.4, 0.5) is 5.69 Å². The number of halogens is 3. The number of hydrogen-bond acceptors (Lipinski definition) is 6. The zero-order valence-electron chi connectivity index (χ0n) is 16.9. The van der Waals surface area contributed by atoms with Crippen molar-refractivity contribution in [2.75, 3.05) is 11.5 Å². The molecule has 5 nitrogen and oxygen atoms in total. The summed E-state index contributed by atoms with van der Waals surface area (Å²) in [5.41, 5.74) is 1.34. The molecular formula is C23H14Cl3NO4S2. The van der Waals surface area contributed by atoms with Gasteiger partial charge in [-0.05, 0) is 55.5 Å². The topological polar surface area (TPSA) is 59.8 Å². The third-order valence-electron chi connectivity index (χ3n) is 4.59. The zero-order chi connectivity index (χ0) is 23.7. The standard InChI is InChI=1S/C23H14Cl3NO4S2/c1-2-30-22(29)15-9-12(3-6-16(15)25)19-8-5-14(31-19)11-20-21(28)27(23(32)33-20)18-7-4-13(24)10-17(18)26/h3-11H,2H2,1H3/b20-11-. The first-order valence-corrected chi connectivity index (χ1v) is 11.9. The SMILES string of the molecule is CCOC(=O)c1cc(-c2ccc(/C=C3\SC(=S)N(c4ccc(Cl)cc4Cl)C3=O)o2)ccc1Cl. The number of rotatable bonds is 5. The number of nitrogens with zero attached hydrogens (tertiary/aromatic N) is 1. The number of furan rings is 1. The molecule has 168 valence electrons. The van der Waals surface area contributed by atoms with Gasteiger partial charge in [0.1, 0.15) is 11.5 Å². The maximum absolute atomic E-state index is 13.0. The Kier molecular flexibility index (Phi) is 7.16. The maximum atomic E-state index is 13.0. The number of esters is 1. The normalized spacial score (nSPS) is 14.9. The Morgan fingerprint density at radius 1 is 1.12 bits per heavy atom. The van der Waals surface area contributed by atoms with Gasteiger partial charge in [-0.25, -0.2) is 4.79 Å². The summed E-state index contributed by atoms with van der Waals surface area (Å²) in [6.45, 7) is 1.96. The molecule has 4 rings (SSSR count). The van der Waals surface area contributed by atoms with Crippen LogP contribution in [0.2, 0.25) is 15.1 Å². The monoisotopic (exact) mass is 537 g/mol. The molecular weight excluding hydrogens is 525 g/mol. The van der Waals surface area contributed by atoms with Crippen molar-refractivity contribution in [3.05, 3.63) is 79.8 Å². The van der Waals surface area contributed by atoms with E-state index in [1.54, 1.807) is 61.5 Å². The van der Waals surface area contributed by atoms with E-state index in [1.165, 1.54) is 4.90 Å². The van der Waals surface area contributed by atoms with Crippen LogP contribution in [0, 0.1) is 0 Å². The van der Waals surface area contributed by atoms with Gasteiger partial charge in [0, 0.05) is 16.7 Å². The van der Waals surface area contributed by atoms with Gasteiger partial charge in [0.05, 0.1) is 32.8 Å². The van der Waals surface area contributed by atoms with Gasteiger partial charge in [0.2, 0.25) is 0 Å².